The highest BCUT2D eigenvalue weighted by Crippen LogP contribution is 2.33. The maximum atomic E-state index is 13.5. The van der Waals surface area contributed by atoms with Crippen LogP contribution < -0.4 is 10.1 Å². The van der Waals surface area contributed by atoms with Crippen molar-refractivity contribution >= 4 is 22.8 Å². The summed E-state index contributed by atoms with van der Waals surface area (Å²) < 4.78 is 50.7. The Morgan fingerprint density at radius 2 is 1.75 bits per heavy atom. The van der Waals surface area contributed by atoms with Gasteiger partial charge in [-0.3, -0.25) is 0 Å². The number of anilines is 2. The molecule has 0 aliphatic heterocycles. The number of benzene rings is 1. The summed E-state index contributed by atoms with van der Waals surface area (Å²) in [7, 11) is 1.52. The van der Waals surface area contributed by atoms with Gasteiger partial charge in [0.1, 0.15) is 11.4 Å². The van der Waals surface area contributed by atoms with E-state index >= 15 is 0 Å². The van der Waals surface area contributed by atoms with Gasteiger partial charge in [0.2, 0.25) is 11.3 Å². The number of aromatic nitrogens is 6. The van der Waals surface area contributed by atoms with Gasteiger partial charge in [-0.2, -0.15) is 23.3 Å². The fraction of sp³-hybridized carbons (Fsp3) is 0.188. The molecule has 3 aromatic heterocycles. The molecule has 28 heavy (non-hydrogen) atoms. The maximum Gasteiger partial charge on any atom is 0.433 e. The van der Waals surface area contributed by atoms with E-state index in [1.807, 2.05) is 0 Å². The van der Waals surface area contributed by atoms with Crippen LogP contribution in [0.15, 0.2) is 35.0 Å². The topological polar surface area (TPSA) is 104 Å². The number of rotatable bonds is 4. The Hall–Kier alpha value is -3.70. The lowest BCUT2D eigenvalue weighted by Crippen LogP contribution is -2.16. The third-order valence-electron chi connectivity index (χ3n) is 3.77. The lowest BCUT2D eigenvalue weighted by Gasteiger charge is -2.13. The number of aryl methyl sites for hydroxylation is 1. The van der Waals surface area contributed by atoms with Crippen molar-refractivity contribution < 1.29 is 22.5 Å². The molecule has 0 spiro atoms. The Morgan fingerprint density at radius 1 is 1.07 bits per heavy atom. The van der Waals surface area contributed by atoms with E-state index in [2.05, 4.69) is 35.3 Å². The van der Waals surface area contributed by atoms with Crippen LogP contribution in [-0.2, 0) is 6.18 Å². The fourth-order valence-corrected chi connectivity index (χ4v) is 2.53. The summed E-state index contributed by atoms with van der Waals surface area (Å²) in [5, 5.41) is 14.0. The van der Waals surface area contributed by atoms with E-state index in [0.717, 1.165) is 6.07 Å². The number of nitrogens with one attached hydrogen (secondary N) is 1. The normalized spacial score (nSPS) is 11.8. The third-order valence-corrected chi connectivity index (χ3v) is 3.77. The van der Waals surface area contributed by atoms with Crippen LogP contribution in [0.1, 0.15) is 11.4 Å². The molecule has 0 fully saturated rings. The first-order chi connectivity index (χ1) is 13.3. The molecule has 0 unspecified atom stereocenters. The molecule has 0 radical (unpaired) electrons. The van der Waals surface area contributed by atoms with Crippen molar-refractivity contribution in [3.05, 3.63) is 41.7 Å². The number of hydrogen-bond donors (Lipinski definition) is 1. The fourth-order valence-electron chi connectivity index (χ4n) is 2.53. The SMILES string of the molecule is COc1ccc(Nc2nc3nonc3nc2-n2nc(C)cc2C(F)(F)F)cc1. The van der Waals surface area contributed by atoms with Crippen LogP contribution in [0.3, 0.4) is 0 Å². The van der Waals surface area contributed by atoms with Crippen molar-refractivity contribution in [1.29, 1.82) is 0 Å². The van der Waals surface area contributed by atoms with Crippen LogP contribution in [0.5, 0.6) is 5.75 Å². The summed E-state index contributed by atoms with van der Waals surface area (Å²) in [5.74, 6) is 0.427. The smallest absolute Gasteiger partial charge is 0.433 e. The van der Waals surface area contributed by atoms with Crippen molar-refractivity contribution in [1.82, 2.24) is 30.1 Å². The van der Waals surface area contributed by atoms with Gasteiger partial charge >= 0.3 is 6.18 Å². The molecule has 12 heteroatoms. The molecule has 0 saturated carbocycles. The van der Waals surface area contributed by atoms with Crippen molar-refractivity contribution in [2.45, 2.75) is 13.1 Å². The van der Waals surface area contributed by atoms with E-state index in [1.165, 1.54) is 14.0 Å². The van der Waals surface area contributed by atoms with Crippen molar-refractivity contribution in [3.63, 3.8) is 0 Å². The highest BCUT2D eigenvalue weighted by molar-refractivity contribution is 5.73. The van der Waals surface area contributed by atoms with Crippen LogP contribution in [0.25, 0.3) is 17.1 Å². The minimum atomic E-state index is -4.64. The molecule has 4 aromatic rings. The number of halogens is 3. The first-order valence-electron chi connectivity index (χ1n) is 7.91. The van der Waals surface area contributed by atoms with E-state index in [1.54, 1.807) is 24.3 Å². The van der Waals surface area contributed by atoms with Crippen LogP contribution in [0, 0.1) is 6.92 Å². The summed E-state index contributed by atoms with van der Waals surface area (Å²) in [6.07, 6.45) is -4.64. The highest BCUT2D eigenvalue weighted by Gasteiger charge is 2.37. The van der Waals surface area contributed by atoms with E-state index in [-0.39, 0.29) is 28.6 Å². The molecule has 0 bridgehead atoms. The van der Waals surface area contributed by atoms with Gasteiger partial charge in [-0.05, 0) is 47.6 Å². The molecule has 1 aromatic carbocycles. The van der Waals surface area contributed by atoms with Crippen molar-refractivity contribution in [2.24, 2.45) is 0 Å². The van der Waals surface area contributed by atoms with Crippen LogP contribution in [0.4, 0.5) is 24.7 Å². The summed E-state index contributed by atoms with van der Waals surface area (Å²) >= 11 is 0. The van der Waals surface area contributed by atoms with E-state index in [4.69, 9.17) is 4.74 Å². The highest BCUT2D eigenvalue weighted by atomic mass is 19.4. The van der Waals surface area contributed by atoms with Crippen molar-refractivity contribution in [3.8, 4) is 11.6 Å². The maximum absolute atomic E-state index is 13.5. The number of methoxy groups -OCH3 is 1. The molecule has 0 saturated heterocycles. The van der Waals surface area contributed by atoms with Gasteiger partial charge in [0.05, 0.1) is 12.8 Å². The first-order valence-corrected chi connectivity index (χ1v) is 7.91. The molecule has 9 nitrogen and oxygen atoms in total. The summed E-state index contributed by atoms with van der Waals surface area (Å²) in [6.45, 7) is 1.45. The van der Waals surface area contributed by atoms with E-state index in [0.29, 0.717) is 16.1 Å². The molecule has 1 N–H and O–H groups in total. The van der Waals surface area contributed by atoms with Gasteiger partial charge in [0.25, 0.3) is 0 Å². The minimum Gasteiger partial charge on any atom is -0.497 e. The van der Waals surface area contributed by atoms with Crippen LogP contribution in [-0.4, -0.2) is 37.2 Å². The average molecular weight is 391 g/mol. The number of fused-ring (bicyclic) bond motifs is 1. The zero-order valence-corrected chi connectivity index (χ0v) is 14.5. The van der Waals surface area contributed by atoms with Crippen LogP contribution in [0.2, 0.25) is 0 Å². The molecule has 4 rings (SSSR count). The predicted molar refractivity (Wildman–Crippen MR) is 90.5 cm³/mol. The Labute approximate surface area is 155 Å². The Balaban J connectivity index is 1.87. The summed E-state index contributed by atoms with van der Waals surface area (Å²) in [6, 6.07) is 7.64. The summed E-state index contributed by atoms with van der Waals surface area (Å²) in [5.41, 5.74) is -0.283. The second kappa shape index (κ2) is 6.48. The molecule has 0 aliphatic carbocycles. The van der Waals surface area contributed by atoms with Gasteiger partial charge in [0, 0.05) is 5.69 Å². The van der Waals surface area contributed by atoms with Crippen molar-refractivity contribution in [2.75, 3.05) is 12.4 Å². The first kappa shape index (κ1) is 17.7. The molecular formula is C16H12F3N7O2. The van der Waals surface area contributed by atoms with E-state index in [9.17, 15) is 13.2 Å². The number of ether oxygens (including phenoxy) is 1. The zero-order chi connectivity index (χ0) is 19.9. The van der Waals surface area contributed by atoms with Gasteiger partial charge < -0.3 is 10.1 Å². The second-order valence-electron chi connectivity index (χ2n) is 5.74. The van der Waals surface area contributed by atoms with Gasteiger partial charge in [0.15, 0.2) is 11.6 Å². The number of nitrogens with zero attached hydrogens (tertiary/aromatic N) is 6. The standard InChI is InChI=1S/C16H12F3N7O2/c1-8-7-11(16(17,18)19)26(23-8)15-14(21-12-13(22-15)25-28-24-12)20-9-3-5-10(27-2)6-4-9/h3-7H,1-2H3,(H,20,21,24). The number of alkyl halides is 3. The Morgan fingerprint density at radius 3 is 2.39 bits per heavy atom. The predicted octanol–water partition coefficient (Wildman–Crippen LogP) is 3.28. The van der Waals surface area contributed by atoms with Crippen LogP contribution >= 0.6 is 0 Å². The van der Waals surface area contributed by atoms with E-state index < -0.39 is 11.9 Å². The lowest BCUT2D eigenvalue weighted by molar-refractivity contribution is -0.142. The van der Waals surface area contributed by atoms with Gasteiger partial charge in [-0.1, -0.05) is 0 Å². The summed E-state index contributed by atoms with van der Waals surface area (Å²) in [4.78, 5) is 8.29. The monoisotopic (exact) mass is 391 g/mol. The lowest BCUT2D eigenvalue weighted by atomic mass is 10.3. The largest absolute Gasteiger partial charge is 0.497 e. The number of hydrogen-bond acceptors (Lipinski definition) is 8. The Bertz CT molecular complexity index is 1140. The van der Waals surface area contributed by atoms with Gasteiger partial charge in [-0.25, -0.2) is 14.3 Å². The molecule has 144 valence electrons. The molecule has 0 aliphatic rings. The third kappa shape index (κ3) is 3.19. The second-order valence-corrected chi connectivity index (χ2v) is 5.74. The molecular weight excluding hydrogens is 379 g/mol. The minimum absolute atomic E-state index is 0.00182. The molecule has 3 heterocycles. The zero-order valence-electron chi connectivity index (χ0n) is 14.5. The quantitative estimate of drug-likeness (QED) is 0.565. The van der Waals surface area contributed by atoms with Gasteiger partial charge in [-0.15, -0.1) is 0 Å². The molecule has 0 atom stereocenters. The average Bonchev–Trinajstić information content (AvgIpc) is 3.27. The Kier molecular flexibility index (Phi) is 4.09. The molecule has 0 amide bonds.